The maximum absolute atomic E-state index is 13.5. The van der Waals surface area contributed by atoms with Gasteiger partial charge in [0.15, 0.2) is 5.78 Å². The molecule has 0 saturated heterocycles. The average Bonchev–Trinajstić information content (AvgIpc) is 3.65. The van der Waals surface area contributed by atoms with E-state index in [2.05, 4.69) is 15.3 Å². The van der Waals surface area contributed by atoms with Crippen LogP contribution in [0.15, 0.2) is 83.5 Å². The molecule has 0 aliphatic heterocycles. The lowest BCUT2D eigenvalue weighted by atomic mass is 9.91. The van der Waals surface area contributed by atoms with E-state index in [1.165, 1.54) is 19.2 Å². The fourth-order valence-electron chi connectivity index (χ4n) is 4.97. The number of nitrogens with one attached hydrogen (secondary N) is 1. The van der Waals surface area contributed by atoms with Gasteiger partial charge in [0.25, 0.3) is 5.91 Å². The van der Waals surface area contributed by atoms with Crippen molar-refractivity contribution in [2.24, 2.45) is 0 Å². The van der Waals surface area contributed by atoms with Crippen molar-refractivity contribution < 1.29 is 18.4 Å². The monoisotopic (exact) mass is 539 g/mol. The van der Waals surface area contributed by atoms with Crippen LogP contribution < -0.4 is 5.32 Å². The second kappa shape index (κ2) is 9.75. The van der Waals surface area contributed by atoms with E-state index in [1.807, 2.05) is 18.2 Å². The summed E-state index contributed by atoms with van der Waals surface area (Å²) in [6.07, 6.45) is 5.57. The number of aromatic nitrogens is 2. The number of pyridine rings is 2. The van der Waals surface area contributed by atoms with Gasteiger partial charge >= 0.3 is 0 Å². The Hall–Kier alpha value is -4.36. The van der Waals surface area contributed by atoms with Gasteiger partial charge in [-0.2, -0.15) is 0 Å². The Kier molecular flexibility index (Phi) is 6.23. The van der Waals surface area contributed by atoms with Gasteiger partial charge in [0, 0.05) is 64.2 Å². The molecule has 0 unspecified atom stereocenters. The Morgan fingerprint density at radius 2 is 1.82 bits per heavy atom. The molecule has 1 aliphatic carbocycles. The normalized spacial score (nSPS) is 13.8. The van der Waals surface area contributed by atoms with Gasteiger partial charge in [0.05, 0.1) is 10.9 Å². The van der Waals surface area contributed by atoms with Crippen molar-refractivity contribution in [3.05, 3.63) is 107 Å². The summed E-state index contributed by atoms with van der Waals surface area (Å²) in [5.41, 5.74) is 3.60. The number of halogens is 2. The van der Waals surface area contributed by atoms with Crippen LogP contribution in [-0.2, 0) is 5.41 Å². The second-order valence-corrected chi connectivity index (χ2v) is 10.2. The maximum atomic E-state index is 13.5. The van der Waals surface area contributed by atoms with Crippen molar-refractivity contribution in [1.82, 2.24) is 15.3 Å². The molecule has 1 aliphatic rings. The van der Waals surface area contributed by atoms with Crippen LogP contribution in [0.25, 0.3) is 33.6 Å². The highest BCUT2D eigenvalue weighted by Crippen LogP contribution is 2.51. The van der Waals surface area contributed by atoms with Crippen molar-refractivity contribution >= 4 is 34.4 Å². The SMILES string of the molecule is CNC(=O)c1c(-c2ccc(F)cc2)oc2ncc(-c3cc(C(=O)CC4(c5ccccn5)CC4)ccc3Cl)cc12. The van der Waals surface area contributed by atoms with Crippen molar-refractivity contribution in [2.45, 2.75) is 24.7 Å². The molecule has 6 nitrogen and oxygen atoms in total. The maximum Gasteiger partial charge on any atom is 0.255 e. The van der Waals surface area contributed by atoms with Gasteiger partial charge in [-0.25, -0.2) is 9.37 Å². The van der Waals surface area contributed by atoms with E-state index in [4.69, 9.17) is 16.0 Å². The number of rotatable bonds is 7. The molecule has 1 amide bonds. The van der Waals surface area contributed by atoms with Crippen molar-refractivity contribution in [3.63, 3.8) is 0 Å². The average molecular weight is 540 g/mol. The number of nitrogens with zero attached hydrogens (tertiary/aromatic N) is 2. The molecule has 194 valence electrons. The summed E-state index contributed by atoms with van der Waals surface area (Å²) in [4.78, 5) is 35.2. The van der Waals surface area contributed by atoms with E-state index in [1.54, 1.807) is 48.8 Å². The van der Waals surface area contributed by atoms with Gasteiger partial charge in [0.1, 0.15) is 11.6 Å². The number of ketones is 1. The lowest BCUT2D eigenvalue weighted by molar-refractivity contribution is 0.0958. The minimum Gasteiger partial charge on any atom is -0.437 e. The van der Waals surface area contributed by atoms with Gasteiger partial charge in [-0.15, -0.1) is 0 Å². The summed E-state index contributed by atoms with van der Waals surface area (Å²) in [6.45, 7) is 0. The number of furan rings is 1. The van der Waals surface area contributed by atoms with E-state index < -0.39 is 5.82 Å². The predicted octanol–water partition coefficient (Wildman–Crippen LogP) is 7.01. The summed E-state index contributed by atoms with van der Waals surface area (Å²) in [5, 5.41) is 3.56. The lowest BCUT2D eigenvalue weighted by Crippen LogP contribution is -2.18. The molecule has 5 aromatic rings. The Labute approximate surface area is 228 Å². The number of fused-ring (bicyclic) bond motifs is 1. The first-order chi connectivity index (χ1) is 18.9. The standard InChI is InChI=1S/C31H23ClFN3O3/c1-34-29(38)27-23-15-20(17-36-30(23)39-28(27)18-5-8-21(33)9-6-18)22-14-19(7-10-24(22)32)25(37)16-31(11-12-31)26-4-2-3-13-35-26/h2-10,13-15,17H,11-12,16H2,1H3,(H,34,38). The fraction of sp³-hybridized carbons (Fsp3) is 0.161. The predicted molar refractivity (Wildman–Crippen MR) is 147 cm³/mol. The highest BCUT2D eigenvalue weighted by atomic mass is 35.5. The number of carbonyl (C=O) groups is 2. The summed E-state index contributed by atoms with van der Waals surface area (Å²) in [6, 6.07) is 18.5. The van der Waals surface area contributed by atoms with Crippen LogP contribution >= 0.6 is 11.6 Å². The first kappa shape index (κ1) is 24.9. The van der Waals surface area contributed by atoms with Gasteiger partial charge in [-0.3, -0.25) is 14.6 Å². The van der Waals surface area contributed by atoms with Crippen LogP contribution in [0.1, 0.15) is 45.7 Å². The van der Waals surface area contributed by atoms with Gasteiger partial charge in [0.2, 0.25) is 5.71 Å². The second-order valence-electron chi connectivity index (χ2n) is 9.76. The van der Waals surface area contributed by atoms with Crippen molar-refractivity contribution in [3.8, 4) is 22.5 Å². The minimum absolute atomic E-state index is 0.0121. The number of benzene rings is 2. The summed E-state index contributed by atoms with van der Waals surface area (Å²) in [5.74, 6) is -0.467. The molecule has 1 fully saturated rings. The highest BCUT2D eigenvalue weighted by molar-refractivity contribution is 6.33. The smallest absolute Gasteiger partial charge is 0.255 e. The van der Waals surface area contributed by atoms with Crippen LogP contribution in [0.3, 0.4) is 0 Å². The third kappa shape index (κ3) is 4.59. The van der Waals surface area contributed by atoms with Crippen LogP contribution in [0.4, 0.5) is 4.39 Å². The van der Waals surface area contributed by atoms with Crippen LogP contribution in [0.2, 0.25) is 5.02 Å². The molecule has 1 saturated carbocycles. The first-order valence-corrected chi connectivity index (χ1v) is 12.9. The summed E-state index contributed by atoms with van der Waals surface area (Å²) < 4.78 is 19.5. The molecule has 3 aromatic heterocycles. The third-order valence-electron chi connectivity index (χ3n) is 7.27. The summed E-state index contributed by atoms with van der Waals surface area (Å²) in [7, 11) is 1.52. The molecule has 0 atom stereocenters. The highest BCUT2D eigenvalue weighted by Gasteiger charge is 2.47. The molecule has 39 heavy (non-hydrogen) atoms. The molecule has 0 spiro atoms. The molecule has 1 N–H and O–H groups in total. The molecule has 6 rings (SSSR count). The number of Topliss-reactive ketones (excluding diaryl/α,β-unsaturated/α-hetero) is 1. The molecule has 0 bridgehead atoms. The van der Waals surface area contributed by atoms with Crippen molar-refractivity contribution in [1.29, 1.82) is 0 Å². The number of carbonyl (C=O) groups excluding carboxylic acids is 2. The number of hydrogen-bond acceptors (Lipinski definition) is 5. The zero-order chi connectivity index (χ0) is 27.1. The largest absolute Gasteiger partial charge is 0.437 e. The number of hydrogen-bond donors (Lipinski definition) is 1. The van der Waals surface area contributed by atoms with Crippen LogP contribution in [-0.4, -0.2) is 28.7 Å². The van der Waals surface area contributed by atoms with Crippen LogP contribution in [0.5, 0.6) is 0 Å². The molecule has 0 radical (unpaired) electrons. The fourth-order valence-corrected chi connectivity index (χ4v) is 5.19. The topological polar surface area (TPSA) is 85.1 Å². The van der Waals surface area contributed by atoms with Gasteiger partial charge in [-0.05, 0) is 73.5 Å². The lowest BCUT2D eigenvalue weighted by Gasteiger charge is -2.14. The molecule has 8 heteroatoms. The van der Waals surface area contributed by atoms with Crippen LogP contribution in [0, 0.1) is 5.82 Å². The van der Waals surface area contributed by atoms with E-state index >= 15 is 0 Å². The zero-order valence-electron chi connectivity index (χ0n) is 21.0. The Bertz CT molecular complexity index is 1730. The molecule has 3 heterocycles. The van der Waals surface area contributed by atoms with Gasteiger partial charge < -0.3 is 9.73 Å². The molecule has 2 aromatic carbocycles. The number of amides is 1. The molecular formula is C31H23ClFN3O3. The van der Waals surface area contributed by atoms with Crippen molar-refractivity contribution in [2.75, 3.05) is 7.05 Å². The van der Waals surface area contributed by atoms with E-state index in [9.17, 15) is 14.0 Å². The Morgan fingerprint density at radius 3 is 2.51 bits per heavy atom. The minimum atomic E-state index is -0.395. The Balaban J connectivity index is 1.39. The van der Waals surface area contributed by atoms with Gasteiger partial charge in [-0.1, -0.05) is 17.7 Å². The molecular weight excluding hydrogens is 517 g/mol. The third-order valence-corrected chi connectivity index (χ3v) is 7.60. The Morgan fingerprint density at radius 1 is 1.03 bits per heavy atom. The zero-order valence-corrected chi connectivity index (χ0v) is 21.8. The van der Waals surface area contributed by atoms with E-state index in [-0.39, 0.29) is 34.1 Å². The quantitative estimate of drug-likeness (QED) is 0.225. The van der Waals surface area contributed by atoms with E-state index in [0.717, 1.165) is 18.5 Å². The first-order valence-electron chi connectivity index (χ1n) is 12.5. The van der Waals surface area contributed by atoms with E-state index in [0.29, 0.717) is 39.1 Å². The summed E-state index contributed by atoms with van der Waals surface area (Å²) >= 11 is 6.59.